The van der Waals surface area contributed by atoms with Crippen LogP contribution in [0.3, 0.4) is 0 Å². The van der Waals surface area contributed by atoms with Crippen LogP contribution in [-0.4, -0.2) is 22.9 Å². The van der Waals surface area contributed by atoms with Crippen molar-refractivity contribution in [2.45, 2.75) is 6.54 Å². The molecular formula is C19H17FN2OS2. The van der Waals surface area contributed by atoms with Crippen molar-refractivity contribution in [3.63, 3.8) is 0 Å². The van der Waals surface area contributed by atoms with Gasteiger partial charge in [0.25, 0.3) is 0 Å². The third kappa shape index (κ3) is 4.46. The van der Waals surface area contributed by atoms with Crippen molar-refractivity contribution in [3.8, 4) is 11.3 Å². The van der Waals surface area contributed by atoms with Gasteiger partial charge in [-0.15, -0.1) is 11.3 Å². The van der Waals surface area contributed by atoms with E-state index >= 15 is 0 Å². The van der Waals surface area contributed by atoms with Crippen LogP contribution in [0.5, 0.6) is 0 Å². The van der Waals surface area contributed by atoms with Gasteiger partial charge in [0.05, 0.1) is 18.0 Å². The predicted molar refractivity (Wildman–Crippen MR) is 104 cm³/mol. The first-order chi connectivity index (χ1) is 12.2. The molecule has 25 heavy (non-hydrogen) atoms. The Kier molecular flexibility index (Phi) is 5.83. The van der Waals surface area contributed by atoms with Gasteiger partial charge in [-0.3, -0.25) is 9.69 Å². The zero-order valence-electron chi connectivity index (χ0n) is 13.7. The van der Waals surface area contributed by atoms with Crippen LogP contribution in [0.1, 0.15) is 5.56 Å². The molecule has 0 bridgehead atoms. The second kappa shape index (κ2) is 8.27. The second-order valence-electron chi connectivity index (χ2n) is 5.42. The molecule has 0 unspecified atom stereocenters. The zero-order chi connectivity index (χ0) is 17.6. The molecule has 0 spiro atoms. The lowest BCUT2D eigenvalue weighted by atomic mass is 10.2. The zero-order valence-corrected chi connectivity index (χ0v) is 15.3. The molecule has 0 saturated heterocycles. The van der Waals surface area contributed by atoms with Gasteiger partial charge >= 0.3 is 0 Å². The highest BCUT2D eigenvalue weighted by molar-refractivity contribution is 7.99. The van der Waals surface area contributed by atoms with Gasteiger partial charge in [0.1, 0.15) is 5.82 Å². The van der Waals surface area contributed by atoms with Crippen molar-refractivity contribution in [1.29, 1.82) is 0 Å². The highest BCUT2D eigenvalue weighted by Crippen LogP contribution is 2.29. The summed E-state index contributed by atoms with van der Waals surface area (Å²) in [6.07, 6.45) is 1.91. The number of benzene rings is 2. The monoisotopic (exact) mass is 372 g/mol. The van der Waals surface area contributed by atoms with Crippen molar-refractivity contribution >= 4 is 34.1 Å². The molecule has 0 radical (unpaired) electrons. The molecule has 6 heteroatoms. The molecule has 1 amide bonds. The number of nitrogens with zero attached hydrogens (tertiary/aromatic N) is 2. The van der Waals surface area contributed by atoms with E-state index in [-0.39, 0.29) is 11.7 Å². The van der Waals surface area contributed by atoms with Crippen LogP contribution in [0.15, 0.2) is 60.0 Å². The molecular weight excluding hydrogens is 355 g/mol. The number of amides is 1. The summed E-state index contributed by atoms with van der Waals surface area (Å²) in [4.78, 5) is 18.9. The van der Waals surface area contributed by atoms with Crippen LogP contribution in [0.4, 0.5) is 9.52 Å². The molecule has 128 valence electrons. The number of rotatable bonds is 6. The maximum absolute atomic E-state index is 13.1. The van der Waals surface area contributed by atoms with E-state index in [1.807, 2.05) is 42.0 Å². The number of carbonyl (C=O) groups excluding carboxylic acids is 1. The molecule has 3 aromatic rings. The Hall–Kier alpha value is -2.18. The summed E-state index contributed by atoms with van der Waals surface area (Å²) in [5.41, 5.74) is 2.63. The number of anilines is 1. The van der Waals surface area contributed by atoms with Crippen LogP contribution >= 0.6 is 23.1 Å². The number of halogens is 1. The minimum absolute atomic E-state index is 0.0244. The van der Waals surface area contributed by atoms with Crippen LogP contribution in [0.2, 0.25) is 0 Å². The van der Waals surface area contributed by atoms with Crippen LogP contribution in [-0.2, 0) is 11.3 Å². The van der Waals surface area contributed by atoms with Crippen LogP contribution in [0.25, 0.3) is 11.3 Å². The molecule has 0 atom stereocenters. The fourth-order valence-corrected chi connectivity index (χ4v) is 3.62. The quantitative estimate of drug-likeness (QED) is 0.620. The number of carbonyl (C=O) groups is 1. The summed E-state index contributed by atoms with van der Waals surface area (Å²) in [7, 11) is 0. The average molecular weight is 372 g/mol. The Morgan fingerprint density at radius 3 is 2.56 bits per heavy atom. The lowest BCUT2D eigenvalue weighted by Gasteiger charge is -2.19. The van der Waals surface area contributed by atoms with Gasteiger partial charge in [-0.25, -0.2) is 9.37 Å². The molecule has 3 rings (SSSR count). The Bertz CT molecular complexity index is 834. The molecule has 0 aliphatic carbocycles. The fraction of sp³-hybridized carbons (Fsp3) is 0.158. The first-order valence-electron chi connectivity index (χ1n) is 7.72. The molecule has 1 heterocycles. The topological polar surface area (TPSA) is 33.2 Å². The summed E-state index contributed by atoms with van der Waals surface area (Å²) in [5.74, 6) is 0.148. The highest BCUT2D eigenvalue weighted by atomic mass is 32.2. The van der Waals surface area contributed by atoms with E-state index in [2.05, 4.69) is 4.98 Å². The van der Waals surface area contributed by atoms with E-state index in [0.29, 0.717) is 17.4 Å². The van der Waals surface area contributed by atoms with Gasteiger partial charge < -0.3 is 0 Å². The van der Waals surface area contributed by atoms with Gasteiger partial charge in [0.2, 0.25) is 5.91 Å². The van der Waals surface area contributed by atoms with E-state index in [1.165, 1.54) is 35.2 Å². The number of aromatic nitrogens is 1. The minimum atomic E-state index is -0.278. The predicted octanol–water partition coefficient (Wildman–Crippen LogP) is 4.85. The van der Waals surface area contributed by atoms with Crippen molar-refractivity contribution in [2.24, 2.45) is 0 Å². The van der Waals surface area contributed by atoms with Gasteiger partial charge in [-0.05, 0) is 36.1 Å². The first-order valence-corrected chi connectivity index (χ1v) is 9.99. The number of hydrogen-bond donors (Lipinski definition) is 0. The highest BCUT2D eigenvalue weighted by Gasteiger charge is 2.19. The maximum Gasteiger partial charge on any atom is 0.239 e. The lowest BCUT2D eigenvalue weighted by Crippen LogP contribution is -2.31. The van der Waals surface area contributed by atoms with Crippen LogP contribution < -0.4 is 4.90 Å². The van der Waals surface area contributed by atoms with E-state index in [4.69, 9.17) is 0 Å². The van der Waals surface area contributed by atoms with Gasteiger partial charge in [-0.1, -0.05) is 30.3 Å². The van der Waals surface area contributed by atoms with Gasteiger partial charge in [-0.2, -0.15) is 11.8 Å². The third-order valence-corrected chi connectivity index (χ3v) is 5.01. The standard InChI is InChI=1S/C19H17FN2OS2/c1-24-13-18(23)22(11-14-5-3-2-4-6-14)19-21-17(12-25-19)15-7-9-16(20)10-8-15/h2-10,12H,11,13H2,1H3. The summed E-state index contributed by atoms with van der Waals surface area (Å²) >= 11 is 2.91. The normalized spacial score (nSPS) is 10.6. The molecule has 0 N–H and O–H groups in total. The average Bonchev–Trinajstić information content (AvgIpc) is 3.11. The van der Waals surface area contributed by atoms with Crippen molar-refractivity contribution in [1.82, 2.24) is 4.98 Å². The smallest absolute Gasteiger partial charge is 0.239 e. The molecule has 3 nitrogen and oxygen atoms in total. The van der Waals surface area contributed by atoms with E-state index in [1.54, 1.807) is 17.0 Å². The Morgan fingerprint density at radius 1 is 1.16 bits per heavy atom. The summed E-state index contributed by atoms with van der Waals surface area (Å²) < 4.78 is 13.1. The third-order valence-electron chi connectivity index (χ3n) is 3.62. The number of hydrogen-bond acceptors (Lipinski definition) is 4. The molecule has 0 saturated carbocycles. The summed E-state index contributed by atoms with van der Waals surface area (Å²) in [6.45, 7) is 0.483. The summed E-state index contributed by atoms with van der Waals surface area (Å²) in [5, 5.41) is 2.55. The minimum Gasteiger partial charge on any atom is -0.283 e. The number of thiazole rings is 1. The largest absolute Gasteiger partial charge is 0.283 e. The van der Waals surface area contributed by atoms with Crippen molar-refractivity contribution < 1.29 is 9.18 Å². The maximum atomic E-state index is 13.1. The Morgan fingerprint density at radius 2 is 1.88 bits per heavy atom. The van der Waals surface area contributed by atoms with Crippen LogP contribution in [0, 0.1) is 5.82 Å². The molecule has 1 aromatic heterocycles. The first kappa shape index (κ1) is 17.6. The lowest BCUT2D eigenvalue weighted by molar-refractivity contribution is -0.116. The molecule has 0 fully saturated rings. The van der Waals surface area contributed by atoms with E-state index < -0.39 is 0 Å². The van der Waals surface area contributed by atoms with E-state index in [9.17, 15) is 9.18 Å². The molecule has 2 aromatic carbocycles. The Balaban J connectivity index is 1.88. The fourth-order valence-electron chi connectivity index (χ4n) is 2.37. The Labute approximate surface area is 154 Å². The molecule has 0 aliphatic rings. The van der Waals surface area contributed by atoms with Gasteiger partial charge in [0, 0.05) is 10.9 Å². The summed E-state index contributed by atoms with van der Waals surface area (Å²) in [6, 6.07) is 16.1. The van der Waals surface area contributed by atoms with Gasteiger partial charge in [0.15, 0.2) is 5.13 Å². The van der Waals surface area contributed by atoms with E-state index in [0.717, 1.165) is 16.8 Å². The molecule has 0 aliphatic heterocycles. The van der Waals surface area contributed by atoms with Crippen molar-refractivity contribution in [3.05, 3.63) is 71.4 Å². The van der Waals surface area contributed by atoms with Crippen molar-refractivity contribution in [2.75, 3.05) is 16.9 Å². The SMILES string of the molecule is CSCC(=O)N(Cc1ccccc1)c1nc(-c2ccc(F)cc2)cs1. The second-order valence-corrected chi connectivity index (χ2v) is 7.12. The number of thioether (sulfide) groups is 1.